The Kier molecular flexibility index (Phi) is 4.66. The first kappa shape index (κ1) is 16.6. The highest BCUT2D eigenvalue weighted by Gasteiger charge is 2.35. The van der Waals surface area contributed by atoms with Gasteiger partial charge in [-0.25, -0.2) is 4.98 Å². The van der Waals surface area contributed by atoms with Crippen molar-refractivity contribution in [2.24, 2.45) is 5.92 Å². The molecule has 2 amide bonds. The molecule has 0 spiro atoms. The van der Waals surface area contributed by atoms with Crippen LogP contribution in [-0.4, -0.2) is 23.3 Å². The minimum Gasteiger partial charge on any atom is -0.312 e. The van der Waals surface area contributed by atoms with Crippen molar-refractivity contribution in [3.8, 4) is 0 Å². The van der Waals surface area contributed by atoms with E-state index in [9.17, 15) is 9.59 Å². The van der Waals surface area contributed by atoms with E-state index in [4.69, 9.17) is 0 Å². The minimum absolute atomic E-state index is 0.00835. The van der Waals surface area contributed by atoms with Crippen molar-refractivity contribution in [1.29, 1.82) is 0 Å². The fourth-order valence-electron chi connectivity index (χ4n) is 3.10. The van der Waals surface area contributed by atoms with Gasteiger partial charge in [-0.3, -0.25) is 9.59 Å². The third kappa shape index (κ3) is 3.33. The van der Waals surface area contributed by atoms with E-state index in [-0.39, 0.29) is 24.2 Å². The number of aryl methyl sites for hydroxylation is 1. The molecule has 1 aliphatic rings. The first-order valence-electron chi connectivity index (χ1n) is 8.07. The molecule has 24 heavy (non-hydrogen) atoms. The summed E-state index contributed by atoms with van der Waals surface area (Å²) in [7, 11) is 0. The Morgan fingerprint density at radius 2 is 2.21 bits per heavy atom. The molecule has 1 aromatic carbocycles. The van der Waals surface area contributed by atoms with Gasteiger partial charge in [0.1, 0.15) is 0 Å². The molecule has 1 aromatic heterocycles. The molecule has 1 aliphatic heterocycles. The predicted octanol–water partition coefficient (Wildman–Crippen LogP) is 3.57. The van der Waals surface area contributed by atoms with E-state index in [0.717, 1.165) is 5.69 Å². The Balaban J connectivity index is 1.73. The molecule has 0 unspecified atom stereocenters. The number of nitrogens with zero attached hydrogens (tertiary/aromatic N) is 2. The van der Waals surface area contributed by atoms with Gasteiger partial charge in [0, 0.05) is 30.2 Å². The maximum atomic E-state index is 12.4. The molecule has 5 nitrogen and oxygen atoms in total. The summed E-state index contributed by atoms with van der Waals surface area (Å²) in [5.41, 5.74) is 3.32. The van der Waals surface area contributed by atoms with E-state index in [1.807, 2.05) is 12.1 Å². The summed E-state index contributed by atoms with van der Waals surface area (Å²) in [5.74, 6) is -0.0426. The number of anilines is 2. The molecule has 0 bridgehead atoms. The van der Waals surface area contributed by atoms with Crippen LogP contribution in [0.2, 0.25) is 0 Å². The maximum absolute atomic E-state index is 12.4. The summed E-state index contributed by atoms with van der Waals surface area (Å²) >= 11 is 1.37. The zero-order chi connectivity index (χ0) is 17.3. The van der Waals surface area contributed by atoms with Crippen LogP contribution in [0, 0.1) is 12.8 Å². The van der Waals surface area contributed by atoms with Crippen LogP contribution in [0.1, 0.15) is 37.3 Å². The molecule has 3 rings (SSSR count). The highest BCUT2D eigenvalue weighted by molar-refractivity contribution is 7.13. The van der Waals surface area contributed by atoms with Gasteiger partial charge in [-0.2, -0.15) is 0 Å². The summed E-state index contributed by atoms with van der Waals surface area (Å²) in [6, 6.07) is 6.08. The Labute approximate surface area is 145 Å². The van der Waals surface area contributed by atoms with E-state index in [1.165, 1.54) is 22.5 Å². The smallest absolute Gasteiger partial charge is 0.231 e. The molecule has 2 heterocycles. The highest BCUT2D eigenvalue weighted by atomic mass is 32.1. The second-order valence-corrected chi connectivity index (χ2v) is 7.32. The van der Waals surface area contributed by atoms with Crippen molar-refractivity contribution >= 4 is 34.0 Å². The van der Waals surface area contributed by atoms with Gasteiger partial charge in [0.2, 0.25) is 11.8 Å². The van der Waals surface area contributed by atoms with Crippen molar-refractivity contribution in [1.82, 2.24) is 4.98 Å². The summed E-state index contributed by atoms with van der Waals surface area (Å²) in [6.45, 7) is 6.78. The Hall–Kier alpha value is -2.21. The van der Waals surface area contributed by atoms with Crippen LogP contribution in [0.4, 0.5) is 10.8 Å². The van der Waals surface area contributed by atoms with Crippen LogP contribution >= 0.6 is 11.3 Å². The van der Waals surface area contributed by atoms with E-state index in [1.54, 1.807) is 16.5 Å². The normalized spacial score (nSPS) is 17.6. The van der Waals surface area contributed by atoms with E-state index in [2.05, 4.69) is 37.1 Å². The standard InChI is InChI=1S/C18H21N3O2S/c1-11(2)15-5-4-14(8-12(15)3)21-10-13(9-16(21)22)17(23)20-18-19-6-7-24-18/h4-8,11,13H,9-10H2,1-3H3,(H,19,20,23)/t13-/m1/s1. The molecule has 1 atom stereocenters. The molecule has 0 saturated carbocycles. The van der Waals surface area contributed by atoms with E-state index < -0.39 is 0 Å². The molecule has 0 aliphatic carbocycles. The first-order valence-corrected chi connectivity index (χ1v) is 8.95. The number of amides is 2. The van der Waals surface area contributed by atoms with E-state index >= 15 is 0 Å². The second kappa shape index (κ2) is 6.73. The van der Waals surface area contributed by atoms with Gasteiger partial charge in [-0.15, -0.1) is 11.3 Å². The molecular formula is C18H21N3O2S. The van der Waals surface area contributed by atoms with Gasteiger partial charge < -0.3 is 10.2 Å². The fourth-order valence-corrected chi connectivity index (χ4v) is 3.63. The maximum Gasteiger partial charge on any atom is 0.231 e. The lowest BCUT2D eigenvalue weighted by Crippen LogP contribution is -2.28. The van der Waals surface area contributed by atoms with Crippen LogP contribution < -0.4 is 10.2 Å². The van der Waals surface area contributed by atoms with Gasteiger partial charge in [-0.1, -0.05) is 19.9 Å². The molecule has 126 valence electrons. The highest BCUT2D eigenvalue weighted by Crippen LogP contribution is 2.29. The predicted molar refractivity (Wildman–Crippen MR) is 96.5 cm³/mol. The third-order valence-corrected chi connectivity index (χ3v) is 5.03. The number of carbonyl (C=O) groups is 2. The monoisotopic (exact) mass is 343 g/mol. The van der Waals surface area contributed by atoms with Gasteiger partial charge in [0.25, 0.3) is 0 Å². The van der Waals surface area contributed by atoms with Crippen molar-refractivity contribution in [3.05, 3.63) is 40.9 Å². The van der Waals surface area contributed by atoms with E-state index in [0.29, 0.717) is 17.6 Å². The largest absolute Gasteiger partial charge is 0.312 e. The van der Waals surface area contributed by atoms with Crippen LogP contribution in [-0.2, 0) is 9.59 Å². The van der Waals surface area contributed by atoms with Gasteiger partial charge in [0.15, 0.2) is 5.13 Å². The average Bonchev–Trinajstić information content (AvgIpc) is 3.16. The summed E-state index contributed by atoms with van der Waals surface area (Å²) in [5, 5.41) is 5.16. The van der Waals surface area contributed by atoms with Crippen molar-refractivity contribution < 1.29 is 9.59 Å². The number of hydrogen-bond acceptors (Lipinski definition) is 4. The number of aromatic nitrogens is 1. The van der Waals surface area contributed by atoms with Crippen LogP contribution in [0.3, 0.4) is 0 Å². The fraction of sp³-hybridized carbons (Fsp3) is 0.389. The summed E-state index contributed by atoms with van der Waals surface area (Å²) in [4.78, 5) is 30.4. The molecule has 0 radical (unpaired) electrons. The van der Waals surface area contributed by atoms with Crippen LogP contribution in [0.5, 0.6) is 0 Å². The quantitative estimate of drug-likeness (QED) is 0.923. The summed E-state index contributed by atoms with van der Waals surface area (Å²) < 4.78 is 0. The lowest BCUT2D eigenvalue weighted by atomic mass is 9.97. The number of carbonyl (C=O) groups excluding carboxylic acids is 2. The molecule has 1 saturated heterocycles. The number of nitrogens with one attached hydrogen (secondary N) is 1. The average molecular weight is 343 g/mol. The topological polar surface area (TPSA) is 62.3 Å². The Bertz CT molecular complexity index is 756. The second-order valence-electron chi connectivity index (χ2n) is 6.43. The van der Waals surface area contributed by atoms with Gasteiger partial charge >= 0.3 is 0 Å². The number of rotatable bonds is 4. The van der Waals surface area contributed by atoms with Crippen molar-refractivity contribution in [2.75, 3.05) is 16.8 Å². The molecular weight excluding hydrogens is 322 g/mol. The SMILES string of the molecule is Cc1cc(N2C[C@H](C(=O)Nc3nccs3)CC2=O)ccc1C(C)C. The lowest BCUT2D eigenvalue weighted by Gasteiger charge is -2.19. The molecule has 1 fully saturated rings. The zero-order valence-electron chi connectivity index (χ0n) is 14.1. The summed E-state index contributed by atoms with van der Waals surface area (Å²) in [6.07, 6.45) is 1.88. The van der Waals surface area contributed by atoms with Crippen LogP contribution in [0.25, 0.3) is 0 Å². The first-order chi connectivity index (χ1) is 11.5. The third-order valence-electron chi connectivity index (χ3n) is 4.35. The number of benzene rings is 1. The van der Waals surface area contributed by atoms with Crippen molar-refractivity contribution in [2.45, 2.75) is 33.1 Å². The molecule has 6 heteroatoms. The number of thiazole rings is 1. The lowest BCUT2D eigenvalue weighted by molar-refractivity contribution is -0.122. The Morgan fingerprint density at radius 3 is 2.83 bits per heavy atom. The van der Waals surface area contributed by atoms with Crippen molar-refractivity contribution in [3.63, 3.8) is 0 Å². The van der Waals surface area contributed by atoms with Gasteiger partial charge in [-0.05, 0) is 36.1 Å². The molecule has 1 N–H and O–H groups in total. The number of hydrogen-bond donors (Lipinski definition) is 1. The van der Waals surface area contributed by atoms with Gasteiger partial charge in [0.05, 0.1) is 5.92 Å². The van der Waals surface area contributed by atoms with Crippen LogP contribution in [0.15, 0.2) is 29.8 Å². The minimum atomic E-state index is -0.341. The zero-order valence-corrected chi connectivity index (χ0v) is 14.9. The Morgan fingerprint density at radius 1 is 1.42 bits per heavy atom. The molecule has 2 aromatic rings.